The second kappa shape index (κ2) is 9.70. The highest BCUT2D eigenvalue weighted by Crippen LogP contribution is 2.36. The largest absolute Gasteiger partial charge is 0.479 e. The third-order valence-corrected chi connectivity index (χ3v) is 7.40. The Kier molecular flexibility index (Phi) is 7.20. The van der Waals surface area contributed by atoms with Crippen molar-refractivity contribution < 1.29 is 22.7 Å². The summed E-state index contributed by atoms with van der Waals surface area (Å²) in [4.78, 5) is 26.9. The molecule has 8 nitrogen and oxygen atoms in total. The molecule has 3 rings (SSSR count). The molecule has 1 N–H and O–H groups in total. The highest BCUT2D eigenvalue weighted by atomic mass is 32.2. The van der Waals surface area contributed by atoms with E-state index in [2.05, 4.69) is 5.32 Å². The zero-order chi connectivity index (χ0) is 23.5. The van der Waals surface area contributed by atoms with Crippen molar-refractivity contribution in [1.82, 2.24) is 4.31 Å². The van der Waals surface area contributed by atoms with Crippen LogP contribution >= 0.6 is 0 Å². The van der Waals surface area contributed by atoms with E-state index in [1.807, 2.05) is 6.92 Å². The predicted octanol–water partition coefficient (Wildman–Crippen LogP) is 3.49. The van der Waals surface area contributed by atoms with Crippen LogP contribution in [-0.4, -0.2) is 50.3 Å². The van der Waals surface area contributed by atoms with Crippen LogP contribution in [0.15, 0.2) is 47.4 Å². The van der Waals surface area contributed by atoms with E-state index in [1.54, 1.807) is 43.9 Å². The number of carbonyl (C=O) groups is 2. The van der Waals surface area contributed by atoms with Gasteiger partial charge in [-0.2, -0.15) is 4.31 Å². The molecule has 0 fully saturated rings. The summed E-state index contributed by atoms with van der Waals surface area (Å²) in [5.74, 6) is 0.0713. The maximum absolute atomic E-state index is 12.7. The van der Waals surface area contributed by atoms with Crippen molar-refractivity contribution in [2.75, 3.05) is 29.9 Å². The number of amides is 2. The number of fused-ring (bicyclic) bond motifs is 1. The monoisotopic (exact) mass is 459 g/mol. The molecule has 0 saturated heterocycles. The quantitative estimate of drug-likeness (QED) is 0.652. The van der Waals surface area contributed by atoms with Crippen molar-refractivity contribution in [3.8, 4) is 5.75 Å². The minimum absolute atomic E-state index is 0.0871. The molecule has 172 valence electrons. The Morgan fingerprint density at radius 2 is 1.75 bits per heavy atom. The number of hydrogen-bond donors (Lipinski definition) is 1. The van der Waals surface area contributed by atoms with Gasteiger partial charge in [-0.3, -0.25) is 9.59 Å². The molecule has 1 atom stereocenters. The van der Waals surface area contributed by atoms with Gasteiger partial charge >= 0.3 is 0 Å². The standard InChI is InChI=1S/C23H29N3O5S/c1-5-14-26-20-13-10-18(15-21(20)31-16(4)23(26)28)24-22(27)17-8-11-19(12-9-17)32(29,30)25(6-2)7-3/h8-13,15-16H,5-7,14H2,1-4H3,(H,24,27). The summed E-state index contributed by atoms with van der Waals surface area (Å²) in [6.45, 7) is 8.61. The third kappa shape index (κ3) is 4.63. The van der Waals surface area contributed by atoms with Crippen molar-refractivity contribution in [2.24, 2.45) is 0 Å². The Morgan fingerprint density at radius 3 is 2.34 bits per heavy atom. The van der Waals surface area contributed by atoms with E-state index in [0.29, 0.717) is 42.3 Å². The summed E-state index contributed by atoms with van der Waals surface area (Å²) in [7, 11) is -3.58. The molecule has 9 heteroatoms. The molecular formula is C23H29N3O5S. The number of nitrogens with one attached hydrogen (secondary N) is 1. The van der Waals surface area contributed by atoms with E-state index in [0.717, 1.165) is 6.42 Å². The van der Waals surface area contributed by atoms with E-state index < -0.39 is 16.1 Å². The van der Waals surface area contributed by atoms with Crippen molar-refractivity contribution in [3.63, 3.8) is 0 Å². The Balaban J connectivity index is 1.78. The van der Waals surface area contributed by atoms with Gasteiger partial charge in [0.25, 0.3) is 11.8 Å². The number of anilines is 2. The number of ether oxygens (including phenoxy) is 1. The fourth-order valence-electron chi connectivity index (χ4n) is 3.64. The number of nitrogens with zero attached hydrogens (tertiary/aromatic N) is 2. The molecule has 2 aromatic rings. The van der Waals surface area contributed by atoms with Crippen molar-refractivity contribution in [3.05, 3.63) is 48.0 Å². The lowest BCUT2D eigenvalue weighted by atomic mass is 10.1. The van der Waals surface area contributed by atoms with Gasteiger partial charge in [0.2, 0.25) is 10.0 Å². The van der Waals surface area contributed by atoms with Crippen molar-refractivity contribution in [1.29, 1.82) is 0 Å². The minimum atomic E-state index is -3.58. The SMILES string of the molecule is CCCN1C(=O)C(C)Oc2cc(NC(=O)c3ccc(S(=O)(=O)N(CC)CC)cc3)ccc21. The van der Waals surface area contributed by atoms with Crippen LogP contribution in [0, 0.1) is 0 Å². The van der Waals surface area contributed by atoms with Crippen LogP contribution in [0.4, 0.5) is 11.4 Å². The van der Waals surface area contributed by atoms with Crippen LogP contribution in [0.5, 0.6) is 5.75 Å². The first-order chi connectivity index (χ1) is 15.2. The first-order valence-corrected chi connectivity index (χ1v) is 12.2. The van der Waals surface area contributed by atoms with Gasteiger partial charge in [0, 0.05) is 37.0 Å². The maximum atomic E-state index is 12.7. The maximum Gasteiger partial charge on any atom is 0.267 e. The molecule has 0 radical (unpaired) electrons. The summed E-state index contributed by atoms with van der Waals surface area (Å²) in [5.41, 5.74) is 1.53. The highest BCUT2D eigenvalue weighted by molar-refractivity contribution is 7.89. The van der Waals surface area contributed by atoms with Gasteiger partial charge in [0.1, 0.15) is 5.75 Å². The lowest BCUT2D eigenvalue weighted by Crippen LogP contribution is -2.44. The topological polar surface area (TPSA) is 96.0 Å². The van der Waals surface area contributed by atoms with E-state index >= 15 is 0 Å². The van der Waals surface area contributed by atoms with E-state index in [9.17, 15) is 18.0 Å². The van der Waals surface area contributed by atoms with Crippen LogP contribution in [0.1, 0.15) is 44.5 Å². The fraction of sp³-hybridized carbons (Fsp3) is 0.391. The van der Waals surface area contributed by atoms with Gasteiger partial charge in [0.15, 0.2) is 6.10 Å². The van der Waals surface area contributed by atoms with Crippen LogP contribution in [0.25, 0.3) is 0 Å². The zero-order valence-corrected chi connectivity index (χ0v) is 19.6. The fourth-order valence-corrected chi connectivity index (χ4v) is 5.09. The molecule has 2 aromatic carbocycles. The Morgan fingerprint density at radius 1 is 1.09 bits per heavy atom. The zero-order valence-electron chi connectivity index (χ0n) is 18.8. The average molecular weight is 460 g/mol. The molecule has 0 spiro atoms. The summed E-state index contributed by atoms with van der Waals surface area (Å²) in [6.07, 6.45) is 0.219. The molecule has 0 aromatic heterocycles. The van der Waals surface area contributed by atoms with Gasteiger partial charge in [-0.15, -0.1) is 0 Å². The molecule has 32 heavy (non-hydrogen) atoms. The van der Waals surface area contributed by atoms with Crippen LogP contribution in [0.2, 0.25) is 0 Å². The second-order valence-electron chi connectivity index (χ2n) is 7.50. The van der Waals surface area contributed by atoms with Gasteiger partial charge in [-0.05, 0) is 49.7 Å². The van der Waals surface area contributed by atoms with Gasteiger partial charge in [0.05, 0.1) is 10.6 Å². The first-order valence-electron chi connectivity index (χ1n) is 10.8. The second-order valence-corrected chi connectivity index (χ2v) is 9.44. The molecule has 0 aliphatic carbocycles. The number of hydrogen-bond acceptors (Lipinski definition) is 5. The van der Waals surface area contributed by atoms with E-state index in [4.69, 9.17) is 4.74 Å². The van der Waals surface area contributed by atoms with Crippen LogP contribution in [0.3, 0.4) is 0 Å². The van der Waals surface area contributed by atoms with Crippen LogP contribution < -0.4 is 15.0 Å². The van der Waals surface area contributed by atoms with Crippen molar-refractivity contribution >= 4 is 33.2 Å². The Hall–Kier alpha value is -2.91. The van der Waals surface area contributed by atoms with E-state index in [1.165, 1.54) is 28.6 Å². The number of sulfonamides is 1. The minimum Gasteiger partial charge on any atom is -0.479 e. The first kappa shape index (κ1) is 23.7. The Bertz CT molecular complexity index is 1100. The molecule has 1 aliphatic rings. The summed E-state index contributed by atoms with van der Waals surface area (Å²) in [6, 6.07) is 11.0. The molecule has 1 unspecified atom stereocenters. The summed E-state index contributed by atoms with van der Waals surface area (Å²) in [5, 5.41) is 2.80. The molecule has 0 bridgehead atoms. The van der Waals surface area contributed by atoms with Gasteiger partial charge in [-0.1, -0.05) is 20.8 Å². The normalized spacial score (nSPS) is 16.0. The molecule has 1 heterocycles. The predicted molar refractivity (Wildman–Crippen MR) is 124 cm³/mol. The van der Waals surface area contributed by atoms with Crippen molar-refractivity contribution in [2.45, 2.75) is 45.1 Å². The van der Waals surface area contributed by atoms with E-state index in [-0.39, 0.29) is 16.7 Å². The van der Waals surface area contributed by atoms with Gasteiger partial charge < -0.3 is 15.0 Å². The molecule has 0 saturated carbocycles. The molecule has 1 aliphatic heterocycles. The smallest absolute Gasteiger partial charge is 0.267 e. The number of carbonyl (C=O) groups excluding carboxylic acids is 2. The van der Waals surface area contributed by atoms with Crippen LogP contribution in [-0.2, 0) is 14.8 Å². The Labute approximate surface area is 189 Å². The summed E-state index contributed by atoms with van der Waals surface area (Å²) < 4.78 is 32.3. The molecule has 2 amide bonds. The average Bonchev–Trinajstić information content (AvgIpc) is 2.77. The number of rotatable bonds is 8. The lowest BCUT2D eigenvalue weighted by Gasteiger charge is -2.33. The highest BCUT2D eigenvalue weighted by Gasteiger charge is 2.31. The molecular weight excluding hydrogens is 430 g/mol. The lowest BCUT2D eigenvalue weighted by molar-refractivity contribution is -0.125. The van der Waals surface area contributed by atoms with Gasteiger partial charge in [-0.25, -0.2) is 8.42 Å². The third-order valence-electron chi connectivity index (χ3n) is 5.33. The summed E-state index contributed by atoms with van der Waals surface area (Å²) >= 11 is 0. The number of benzene rings is 2.